The van der Waals surface area contributed by atoms with Crippen LogP contribution in [-0.2, 0) is 33.8 Å². The van der Waals surface area contributed by atoms with Gasteiger partial charge in [0.1, 0.15) is 48.9 Å². The molecule has 0 unspecified atom stereocenters. The third kappa shape index (κ3) is 13.4. The molecule has 0 saturated heterocycles. The van der Waals surface area contributed by atoms with Gasteiger partial charge in [-0.25, -0.2) is 14.4 Å². The molecule has 0 bridgehead atoms. The fourth-order valence-corrected chi connectivity index (χ4v) is 5.29. The molecule has 0 aliphatic rings. The van der Waals surface area contributed by atoms with Crippen LogP contribution in [0.15, 0.2) is 115 Å². The van der Waals surface area contributed by atoms with Crippen molar-refractivity contribution in [2.24, 2.45) is 0 Å². The zero-order chi connectivity index (χ0) is 40.2. The summed E-state index contributed by atoms with van der Waals surface area (Å²) in [5, 5.41) is 19.0. The molecule has 5 aromatic carbocycles. The standard InChI is InChI=1S/C44H40O13/c1-2-52-38-17-19-40(43(47)48)41(29-38)44(49)56-35-12-8-31(9-13-35)20-22-50-24-25-51-23-21-32-10-14-36(15-11-32)57-55-30-33-28-37(16-18-39(33)42(45)46)54-27-26-53-34-6-4-3-5-7-34/h1,3-19,28-29H,20-27,30H2,(H,45,46)(H,47,48). The van der Waals surface area contributed by atoms with Crippen LogP contribution < -0.4 is 23.8 Å². The molecule has 5 aromatic rings. The minimum Gasteiger partial charge on any atom is -0.490 e. The van der Waals surface area contributed by atoms with E-state index in [0.29, 0.717) is 62.9 Å². The first kappa shape index (κ1) is 41.3. The van der Waals surface area contributed by atoms with Gasteiger partial charge >= 0.3 is 17.9 Å². The van der Waals surface area contributed by atoms with Gasteiger partial charge in [0.25, 0.3) is 0 Å². The van der Waals surface area contributed by atoms with Gasteiger partial charge in [-0.3, -0.25) is 0 Å². The molecular weight excluding hydrogens is 736 g/mol. The predicted molar refractivity (Wildman–Crippen MR) is 206 cm³/mol. The van der Waals surface area contributed by atoms with Gasteiger partial charge in [-0.1, -0.05) is 48.9 Å². The number of hydrogen-bond acceptors (Lipinski definition) is 11. The molecular formula is C44H40O13. The van der Waals surface area contributed by atoms with Crippen LogP contribution in [-0.4, -0.2) is 67.8 Å². The molecule has 0 aliphatic heterocycles. The lowest BCUT2D eigenvalue weighted by atomic mass is 10.1. The fraction of sp³-hybridized carbons (Fsp3) is 0.205. The maximum Gasteiger partial charge on any atom is 0.344 e. The van der Waals surface area contributed by atoms with Crippen molar-refractivity contribution in [3.8, 4) is 41.3 Å². The maximum atomic E-state index is 12.7. The average molecular weight is 777 g/mol. The molecule has 2 N–H and O–H groups in total. The largest absolute Gasteiger partial charge is 0.490 e. The van der Waals surface area contributed by atoms with Crippen LogP contribution >= 0.6 is 0 Å². The van der Waals surface area contributed by atoms with E-state index in [4.69, 9.17) is 44.6 Å². The van der Waals surface area contributed by atoms with E-state index in [2.05, 4.69) is 0 Å². The topological polar surface area (TPSA) is 166 Å². The minimum absolute atomic E-state index is 0.0809. The summed E-state index contributed by atoms with van der Waals surface area (Å²) >= 11 is 0. The Kier molecular flexibility index (Phi) is 15.9. The minimum atomic E-state index is -1.29. The summed E-state index contributed by atoms with van der Waals surface area (Å²) < 4.78 is 33.1. The number of terminal acetylenes is 1. The molecule has 0 saturated carbocycles. The molecule has 0 radical (unpaired) electrons. The summed E-state index contributed by atoms with van der Waals surface area (Å²) in [6, 6.07) is 31.9. The fourth-order valence-electron chi connectivity index (χ4n) is 5.29. The summed E-state index contributed by atoms with van der Waals surface area (Å²) in [6.45, 7) is 2.26. The molecule has 0 aromatic heterocycles. The lowest BCUT2D eigenvalue weighted by molar-refractivity contribution is -0.217. The lowest BCUT2D eigenvalue weighted by Crippen LogP contribution is -2.14. The highest BCUT2D eigenvalue weighted by atomic mass is 17.2. The van der Waals surface area contributed by atoms with E-state index >= 15 is 0 Å². The monoisotopic (exact) mass is 776 g/mol. The molecule has 0 aliphatic carbocycles. The second-order valence-corrected chi connectivity index (χ2v) is 12.1. The predicted octanol–water partition coefficient (Wildman–Crippen LogP) is 7.06. The normalized spacial score (nSPS) is 10.6. The van der Waals surface area contributed by atoms with Crippen molar-refractivity contribution in [3.05, 3.63) is 149 Å². The number of ether oxygens (including phenoxy) is 6. The number of hydrogen-bond donors (Lipinski definition) is 2. The molecule has 13 heteroatoms. The molecule has 0 amide bonds. The van der Waals surface area contributed by atoms with Crippen molar-refractivity contribution < 1.29 is 62.8 Å². The van der Waals surface area contributed by atoms with Crippen molar-refractivity contribution in [2.75, 3.05) is 39.6 Å². The summed E-state index contributed by atoms with van der Waals surface area (Å²) in [5.41, 5.74) is 2.03. The van der Waals surface area contributed by atoms with Gasteiger partial charge < -0.3 is 43.5 Å². The van der Waals surface area contributed by atoms with Crippen LogP contribution in [0.4, 0.5) is 0 Å². The third-order valence-electron chi connectivity index (χ3n) is 8.16. The number of rotatable bonds is 23. The Morgan fingerprint density at radius 1 is 0.544 bits per heavy atom. The van der Waals surface area contributed by atoms with Crippen LogP contribution in [0.3, 0.4) is 0 Å². The van der Waals surface area contributed by atoms with E-state index in [1.54, 1.807) is 48.5 Å². The smallest absolute Gasteiger partial charge is 0.344 e. The first-order chi connectivity index (χ1) is 27.8. The summed E-state index contributed by atoms with van der Waals surface area (Å²) in [4.78, 5) is 46.8. The van der Waals surface area contributed by atoms with E-state index in [9.17, 15) is 24.6 Å². The summed E-state index contributed by atoms with van der Waals surface area (Å²) in [7, 11) is 0. The van der Waals surface area contributed by atoms with Crippen molar-refractivity contribution >= 4 is 17.9 Å². The van der Waals surface area contributed by atoms with Gasteiger partial charge in [0.05, 0.1) is 43.1 Å². The Balaban J connectivity index is 0.941. The molecule has 5 rings (SSSR count). The Morgan fingerprint density at radius 2 is 1.11 bits per heavy atom. The SMILES string of the molecule is C#COc1ccc(C(=O)O)c(C(=O)Oc2ccc(CCOCCOCCc3ccc(OOCc4cc(OCCOc5ccccc5)ccc4C(=O)O)cc3)cc2)c1. The van der Waals surface area contributed by atoms with E-state index < -0.39 is 17.9 Å². The third-order valence-corrected chi connectivity index (χ3v) is 8.16. The van der Waals surface area contributed by atoms with Gasteiger partial charge in [0.15, 0.2) is 5.75 Å². The van der Waals surface area contributed by atoms with Gasteiger partial charge in [0.2, 0.25) is 0 Å². The van der Waals surface area contributed by atoms with Gasteiger partial charge in [-0.2, -0.15) is 4.89 Å². The number of esters is 1. The lowest BCUT2D eigenvalue weighted by Gasteiger charge is -2.12. The molecule has 0 spiro atoms. The Hall–Kier alpha value is -6.85. The number of benzene rings is 5. The van der Waals surface area contributed by atoms with E-state index in [1.807, 2.05) is 48.6 Å². The van der Waals surface area contributed by atoms with Crippen molar-refractivity contribution in [1.29, 1.82) is 0 Å². The highest BCUT2D eigenvalue weighted by molar-refractivity contribution is 6.03. The Bertz CT molecular complexity index is 2110. The van der Waals surface area contributed by atoms with Crippen LogP contribution in [0, 0.1) is 12.5 Å². The maximum absolute atomic E-state index is 12.7. The molecule has 13 nitrogen and oxygen atoms in total. The van der Waals surface area contributed by atoms with E-state index in [1.165, 1.54) is 24.3 Å². The highest BCUT2D eigenvalue weighted by Crippen LogP contribution is 2.23. The number of aromatic carboxylic acids is 2. The molecule has 57 heavy (non-hydrogen) atoms. The highest BCUT2D eigenvalue weighted by Gasteiger charge is 2.20. The second kappa shape index (κ2) is 21.9. The zero-order valence-corrected chi connectivity index (χ0v) is 30.8. The number of carboxylic acids is 2. The number of para-hydroxylation sites is 1. The zero-order valence-electron chi connectivity index (χ0n) is 30.8. The van der Waals surface area contributed by atoms with Crippen LogP contribution in [0.2, 0.25) is 0 Å². The van der Waals surface area contributed by atoms with Crippen molar-refractivity contribution in [2.45, 2.75) is 19.4 Å². The van der Waals surface area contributed by atoms with Gasteiger partial charge in [-0.15, -0.1) is 0 Å². The Labute approximate surface area is 329 Å². The van der Waals surface area contributed by atoms with Crippen LogP contribution in [0.25, 0.3) is 0 Å². The quantitative estimate of drug-likeness (QED) is 0.0173. The molecule has 0 fully saturated rings. The average Bonchev–Trinajstić information content (AvgIpc) is 3.22. The van der Waals surface area contributed by atoms with E-state index in [0.717, 1.165) is 16.9 Å². The summed E-state index contributed by atoms with van der Waals surface area (Å²) in [5.74, 6) is -1.17. The first-order valence-corrected chi connectivity index (χ1v) is 17.8. The van der Waals surface area contributed by atoms with Gasteiger partial charge in [-0.05, 0) is 96.8 Å². The van der Waals surface area contributed by atoms with E-state index in [-0.39, 0.29) is 41.4 Å². The molecule has 0 heterocycles. The second-order valence-electron chi connectivity index (χ2n) is 12.1. The molecule has 294 valence electrons. The van der Waals surface area contributed by atoms with Crippen LogP contribution in [0.1, 0.15) is 47.8 Å². The van der Waals surface area contributed by atoms with Crippen LogP contribution in [0.5, 0.6) is 28.7 Å². The first-order valence-electron chi connectivity index (χ1n) is 17.8. The Morgan fingerprint density at radius 3 is 1.72 bits per heavy atom. The van der Waals surface area contributed by atoms with Gasteiger partial charge in [0, 0.05) is 5.56 Å². The van der Waals surface area contributed by atoms with Crippen molar-refractivity contribution in [1.82, 2.24) is 0 Å². The number of carbonyl (C=O) groups excluding carboxylic acids is 1. The van der Waals surface area contributed by atoms with Crippen molar-refractivity contribution in [3.63, 3.8) is 0 Å². The molecule has 0 atom stereocenters. The summed E-state index contributed by atoms with van der Waals surface area (Å²) in [6.07, 6.45) is 8.39. The number of carbonyl (C=O) groups is 3. The number of carboxylic acid groups (broad SMARTS) is 2.